The summed E-state index contributed by atoms with van der Waals surface area (Å²) in [7, 11) is 0. The summed E-state index contributed by atoms with van der Waals surface area (Å²) < 4.78 is 0. The van der Waals surface area contributed by atoms with Crippen molar-refractivity contribution in [2.45, 2.75) is 0 Å². The Kier molecular flexibility index (Phi) is 7.77. The predicted molar refractivity (Wildman–Crippen MR) is 223 cm³/mol. The van der Waals surface area contributed by atoms with Gasteiger partial charge in [0.05, 0.1) is 5.52 Å². The molecule has 10 rings (SSSR count). The highest BCUT2D eigenvalue weighted by Gasteiger charge is 2.17. The molecule has 2 aromatic heterocycles. The molecule has 2 heterocycles. The van der Waals surface area contributed by atoms with Crippen molar-refractivity contribution in [3.05, 3.63) is 194 Å². The molecule has 0 spiro atoms. The number of hydrogen-bond acceptors (Lipinski definition) is 4. The lowest BCUT2D eigenvalue weighted by Gasteiger charge is -2.16. The molecule has 10 aromatic rings. The van der Waals surface area contributed by atoms with Crippen molar-refractivity contribution in [2.75, 3.05) is 0 Å². The summed E-state index contributed by atoms with van der Waals surface area (Å²) in [6.07, 6.45) is 1.88. The summed E-state index contributed by atoms with van der Waals surface area (Å²) in [4.78, 5) is 19.9. The Balaban J connectivity index is 1.14. The summed E-state index contributed by atoms with van der Waals surface area (Å²) in [5.74, 6) is 1.90. The SMILES string of the molecule is c1ccc(-c2ccc(-c3cc4c5cccnc5c(-c5cccc(-c6nc(-c7ccccc7)nc(-c7ccccc7)n6)c5)cc4c4ccccc34)cc2)cc1. The Morgan fingerprint density at radius 2 is 0.722 bits per heavy atom. The van der Waals surface area contributed by atoms with E-state index in [1.165, 1.54) is 43.8 Å². The molecule has 0 amide bonds. The molecule has 54 heavy (non-hydrogen) atoms. The second kappa shape index (κ2) is 13.4. The van der Waals surface area contributed by atoms with Crippen LogP contribution in [0.1, 0.15) is 0 Å². The third-order valence-electron chi connectivity index (χ3n) is 10.2. The van der Waals surface area contributed by atoms with Crippen LogP contribution in [-0.2, 0) is 0 Å². The molecule has 4 nitrogen and oxygen atoms in total. The third-order valence-corrected chi connectivity index (χ3v) is 10.2. The van der Waals surface area contributed by atoms with Crippen LogP contribution >= 0.6 is 0 Å². The molecule has 252 valence electrons. The number of pyridine rings is 1. The van der Waals surface area contributed by atoms with Gasteiger partial charge in [-0.3, -0.25) is 4.98 Å². The van der Waals surface area contributed by atoms with Gasteiger partial charge in [0.25, 0.3) is 0 Å². The van der Waals surface area contributed by atoms with Crippen molar-refractivity contribution in [3.8, 4) is 67.5 Å². The van der Waals surface area contributed by atoms with Crippen LogP contribution in [-0.4, -0.2) is 19.9 Å². The Morgan fingerprint density at radius 1 is 0.259 bits per heavy atom. The smallest absolute Gasteiger partial charge is 0.164 e. The highest BCUT2D eigenvalue weighted by molar-refractivity contribution is 6.23. The van der Waals surface area contributed by atoms with Crippen molar-refractivity contribution >= 4 is 32.4 Å². The van der Waals surface area contributed by atoms with Crippen LogP contribution < -0.4 is 0 Å². The summed E-state index contributed by atoms with van der Waals surface area (Å²) in [5.41, 5.74) is 10.7. The van der Waals surface area contributed by atoms with Gasteiger partial charge in [0.15, 0.2) is 17.5 Å². The van der Waals surface area contributed by atoms with Gasteiger partial charge in [-0.15, -0.1) is 0 Å². The summed E-state index contributed by atoms with van der Waals surface area (Å²) >= 11 is 0. The maximum Gasteiger partial charge on any atom is 0.164 e. The topological polar surface area (TPSA) is 51.6 Å². The molecule has 0 aliphatic carbocycles. The Labute approximate surface area is 313 Å². The molecule has 0 unspecified atom stereocenters. The highest BCUT2D eigenvalue weighted by Crippen LogP contribution is 2.42. The van der Waals surface area contributed by atoms with Crippen LogP contribution in [0.3, 0.4) is 0 Å². The van der Waals surface area contributed by atoms with E-state index >= 15 is 0 Å². The first-order valence-electron chi connectivity index (χ1n) is 18.1. The zero-order chi connectivity index (χ0) is 35.8. The Morgan fingerprint density at radius 3 is 1.39 bits per heavy atom. The predicted octanol–water partition coefficient (Wildman–Crippen LogP) is 12.7. The first-order chi connectivity index (χ1) is 26.8. The van der Waals surface area contributed by atoms with Crippen LogP contribution in [0.2, 0.25) is 0 Å². The average molecular weight is 689 g/mol. The van der Waals surface area contributed by atoms with E-state index in [0.29, 0.717) is 17.5 Å². The zero-order valence-electron chi connectivity index (χ0n) is 29.3. The fraction of sp³-hybridized carbons (Fsp3) is 0. The first kappa shape index (κ1) is 31.4. The molecule has 0 aliphatic heterocycles. The fourth-order valence-electron chi connectivity index (χ4n) is 7.52. The maximum absolute atomic E-state index is 5.01. The molecule has 0 bridgehead atoms. The molecular weight excluding hydrogens is 657 g/mol. The van der Waals surface area contributed by atoms with E-state index in [9.17, 15) is 0 Å². The molecular formula is C50H32N4. The first-order valence-corrected chi connectivity index (χ1v) is 18.1. The van der Waals surface area contributed by atoms with Gasteiger partial charge in [-0.05, 0) is 73.6 Å². The van der Waals surface area contributed by atoms with Gasteiger partial charge in [-0.25, -0.2) is 15.0 Å². The minimum Gasteiger partial charge on any atom is -0.256 e. The molecule has 0 fully saturated rings. The van der Waals surface area contributed by atoms with Crippen LogP contribution in [0.4, 0.5) is 0 Å². The number of aromatic nitrogens is 4. The molecule has 0 saturated carbocycles. The van der Waals surface area contributed by atoms with Gasteiger partial charge >= 0.3 is 0 Å². The van der Waals surface area contributed by atoms with Crippen molar-refractivity contribution in [1.29, 1.82) is 0 Å². The molecule has 8 aromatic carbocycles. The van der Waals surface area contributed by atoms with Crippen molar-refractivity contribution in [1.82, 2.24) is 19.9 Å². The van der Waals surface area contributed by atoms with E-state index in [2.05, 4.69) is 121 Å². The lowest BCUT2D eigenvalue weighted by Crippen LogP contribution is -2.00. The molecule has 0 N–H and O–H groups in total. The zero-order valence-corrected chi connectivity index (χ0v) is 29.3. The number of benzene rings is 8. The molecule has 0 saturated heterocycles. The molecule has 0 radical (unpaired) electrons. The number of fused-ring (bicyclic) bond motifs is 5. The standard InChI is InChI=1S/C50H32N4/c1-4-14-33(15-5-1)34-25-27-35(28-26-34)43-31-46-42-24-13-29-51-47(42)44(32-45(46)41-23-11-10-22-40(41)43)38-20-12-21-39(30-38)50-53-48(36-16-6-2-7-17-36)52-49(54-50)37-18-8-3-9-19-37/h1-32H. The lowest BCUT2D eigenvalue weighted by molar-refractivity contribution is 1.07. The van der Waals surface area contributed by atoms with Gasteiger partial charge in [0.2, 0.25) is 0 Å². The number of hydrogen-bond donors (Lipinski definition) is 0. The monoisotopic (exact) mass is 688 g/mol. The van der Waals surface area contributed by atoms with Crippen LogP contribution in [0.15, 0.2) is 194 Å². The minimum absolute atomic E-state index is 0.621. The van der Waals surface area contributed by atoms with E-state index in [0.717, 1.165) is 38.7 Å². The average Bonchev–Trinajstić information content (AvgIpc) is 3.26. The second-order valence-corrected chi connectivity index (χ2v) is 13.5. The van der Waals surface area contributed by atoms with E-state index in [1.54, 1.807) is 0 Å². The quantitative estimate of drug-likeness (QED) is 0.163. The number of nitrogens with zero attached hydrogens (tertiary/aromatic N) is 4. The Bertz CT molecular complexity index is 2900. The van der Waals surface area contributed by atoms with Gasteiger partial charge < -0.3 is 0 Å². The van der Waals surface area contributed by atoms with Crippen molar-refractivity contribution in [2.24, 2.45) is 0 Å². The van der Waals surface area contributed by atoms with Gasteiger partial charge in [0, 0.05) is 33.8 Å². The third kappa shape index (κ3) is 5.67. The summed E-state index contributed by atoms with van der Waals surface area (Å²) in [6, 6.07) is 65.7. The molecule has 4 heteroatoms. The van der Waals surface area contributed by atoms with E-state index in [-0.39, 0.29) is 0 Å². The van der Waals surface area contributed by atoms with Gasteiger partial charge in [0.1, 0.15) is 0 Å². The Hall–Kier alpha value is -7.30. The lowest BCUT2D eigenvalue weighted by atomic mass is 9.88. The van der Waals surface area contributed by atoms with Gasteiger partial charge in [-0.2, -0.15) is 0 Å². The largest absolute Gasteiger partial charge is 0.256 e. The van der Waals surface area contributed by atoms with Crippen LogP contribution in [0.5, 0.6) is 0 Å². The summed E-state index contributed by atoms with van der Waals surface area (Å²) in [6.45, 7) is 0. The normalized spacial score (nSPS) is 11.3. The highest BCUT2D eigenvalue weighted by atomic mass is 15.0. The molecule has 0 aliphatic rings. The van der Waals surface area contributed by atoms with E-state index < -0.39 is 0 Å². The van der Waals surface area contributed by atoms with Crippen LogP contribution in [0.25, 0.3) is 100.0 Å². The minimum atomic E-state index is 0.621. The summed E-state index contributed by atoms with van der Waals surface area (Å²) in [5, 5.41) is 5.90. The molecule has 0 atom stereocenters. The maximum atomic E-state index is 5.01. The van der Waals surface area contributed by atoms with E-state index in [1.807, 2.05) is 72.9 Å². The van der Waals surface area contributed by atoms with E-state index in [4.69, 9.17) is 19.9 Å². The van der Waals surface area contributed by atoms with Crippen LogP contribution in [0, 0.1) is 0 Å². The second-order valence-electron chi connectivity index (χ2n) is 13.5. The van der Waals surface area contributed by atoms with Crippen molar-refractivity contribution < 1.29 is 0 Å². The fourth-order valence-corrected chi connectivity index (χ4v) is 7.52. The van der Waals surface area contributed by atoms with Gasteiger partial charge in [-0.1, -0.05) is 164 Å². The van der Waals surface area contributed by atoms with Crippen molar-refractivity contribution in [3.63, 3.8) is 0 Å². The number of rotatable bonds is 6.